The molecule has 1 aromatic carbocycles. The summed E-state index contributed by atoms with van der Waals surface area (Å²) < 4.78 is 0. The molecule has 0 atom stereocenters. The highest BCUT2D eigenvalue weighted by molar-refractivity contribution is 6.12. The number of rotatable bonds is 2. The second-order valence-corrected chi connectivity index (χ2v) is 3.20. The quantitative estimate of drug-likeness (QED) is 0.747. The molecule has 1 heterocycles. The summed E-state index contributed by atoms with van der Waals surface area (Å²) >= 11 is 0. The topological polar surface area (TPSA) is 83.9 Å². The molecule has 0 radical (unpaired) electrons. The minimum absolute atomic E-state index is 0.125. The molecular formula is C11H7NO5. The number of nitrogens with zero attached hydrogens (tertiary/aromatic N) is 1. The lowest BCUT2D eigenvalue weighted by molar-refractivity contribution is -0.170. The number of benzene rings is 1. The normalized spacial score (nSPS) is 14.2. The average molecular weight is 233 g/mol. The number of carbonyl (C=O) groups is 3. The number of phenolic OH excluding ortho intramolecular Hbond substituents is 1. The SMILES string of the molecule is O=C(ON1C(=O)C=CC1=O)c1ccccc1O. The van der Waals surface area contributed by atoms with Gasteiger partial charge in [0.1, 0.15) is 11.3 Å². The molecule has 0 fully saturated rings. The van der Waals surface area contributed by atoms with Crippen LogP contribution in [0, 0.1) is 0 Å². The van der Waals surface area contributed by atoms with Gasteiger partial charge in [-0.3, -0.25) is 9.59 Å². The number of hydrogen-bond acceptors (Lipinski definition) is 5. The van der Waals surface area contributed by atoms with Crippen LogP contribution in [-0.2, 0) is 14.4 Å². The van der Waals surface area contributed by atoms with E-state index >= 15 is 0 Å². The molecule has 0 unspecified atom stereocenters. The number of imide groups is 1. The smallest absolute Gasteiger partial charge is 0.367 e. The van der Waals surface area contributed by atoms with E-state index in [1.54, 1.807) is 0 Å². The molecule has 17 heavy (non-hydrogen) atoms. The summed E-state index contributed by atoms with van der Waals surface area (Å²) in [5.74, 6) is -2.74. The molecular weight excluding hydrogens is 226 g/mol. The summed E-state index contributed by atoms with van der Waals surface area (Å²) in [6.07, 6.45) is 1.97. The molecule has 0 saturated heterocycles. The summed E-state index contributed by atoms with van der Waals surface area (Å²) in [5.41, 5.74) is -0.125. The van der Waals surface area contributed by atoms with E-state index in [9.17, 15) is 19.5 Å². The van der Waals surface area contributed by atoms with Gasteiger partial charge in [0.15, 0.2) is 0 Å². The summed E-state index contributed by atoms with van der Waals surface area (Å²) in [5, 5.41) is 9.71. The Kier molecular flexibility index (Phi) is 2.61. The van der Waals surface area contributed by atoms with E-state index < -0.39 is 17.8 Å². The zero-order valence-electron chi connectivity index (χ0n) is 8.49. The van der Waals surface area contributed by atoms with E-state index in [0.29, 0.717) is 5.06 Å². The number of aromatic hydroxyl groups is 1. The number of phenols is 1. The Morgan fingerprint density at radius 2 is 1.71 bits per heavy atom. The molecule has 0 bridgehead atoms. The van der Waals surface area contributed by atoms with Crippen molar-refractivity contribution < 1.29 is 24.3 Å². The van der Waals surface area contributed by atoms with Gasteiger partial charge in [0.05, 0.1) is 0 Å². The average Bonchev–Trinajstić information content (AvgIpc) is 2.61. The monoisotopic (exact) mass is 233 g/mol. The molecule has 1 aliphatic rings. The molecule has 6 heteroatoms. The minimum Gasteiger partial charge on any atom is -0.507 e. The van der Waals surface area contributed by atoms with Crippen LogP contribution in [-0.4, -0.2) is 28.0 Å². The summed E-state index contributed by atoms with van der Waals surface area (Å²) in [7, 11) is 0. The molecule has 0 saturated carbocycles. The first kappa shape index (κ1) is 10.9. The van der Waals surface area contributed by atoms with Gasteiger partial charge in [-0.1, -0.05) is 17.2 Å². The Balaban J connectivity index is 2.16. The summed E-state index contributed by atoms with van der Waals surface area (Å²) in [6, 6.07) is 5.65. The third kappa shape index (κ3) is 2.00. The van der Waals surface area contributed by atoms with Gasteiger partial charge in [-0.05, 0) is 12.1 Å². The first-order chi connectivity index (χ1) is 8.09. The van der Waals surface area contributed by atoms with E-state index in [4.69, 9.17) is 0 Å². The van der Waals surface area contributed by atoms with Crippen LogP contribution < -0.4 is 0 Å². The maximum atomic E-state index is 11.6. The second-order valence-electron chi connectivity index (χ2n) is 3.20. The standard InChI is InChI=1S/C11H7NO5/c13-8-4-2-1-3-7(8)11(16)17-12-9(14)5-6-10(12)15/h1-6,13H. The van der Waals surface area contributed by atoms with E-state index in [1.165, 1.54) is 24.3 Å². The van der Waals surface area contributed by atoms with Crippen LogP contribution in [0.1, 0.15) is 10.4 Å². The lowest BCUT2D eigenvalue weighted by atomic mass is 10.2. The zero-order valence-corrected chi connectivity index (χ0v) is 8.49. The largest absolute Gasteiger partial charge is 0.507 e. The Morgan fingerprint density at radius 3 is 2.29 bits per heavy atom. The van der Waals surface area contributed by atoms with Gasteiger partial charge in [0, 0.05) is 12.2 Å². The third-order valence-electron chi connectivity index (χ3n) is 2.07. The Hall–Kier alpha value is -2.63. The molecule has 2 rings (SSSR count). The molecule has 0 aliphatic carbocycles. The Labute approximate surface area is 95.7 Å². The predicted molar refractivity (Wildman–Crippen MR) is 54.5 cm³/mol. The second kappa shape index (κ2) is 4.09. The van der Waals surface area contributed by atoms with Gasteiger partial charge >= 0.3 is 5.97 Å². The van der Waals surface area contributed by atoms with Crippen molar-refractivity contribution in [3.8, 4) is 5.75 Å². The van der Waals surface area contributed by atoms with Crippen LogP contribution in [0.4, 0.5) is 0 Å². The van der Waals surface area contributed by atoms with Gasteiger partial charge in [-0.15, -0.1) is 0 Å². The highest BCUT2D eigenvalue weighted by Gasteiger charge is 2.29. The molecule has 1 N–H and O–H groups in total. The van der Waals surface area contributed by atoms with Crippen LogP contribution in [0.25, 0.3) is 0 Å². The van der Waals surface area contributed by atoms with Crippen molar-refractivity contribution in [3.63, 3.8) is 0 Å². The highest BCUT2D eigenvalue weighted by Crippen LogP contribution is 2.18. The van der Waals surface area contributed by atoms with Crippen molar-refractivity contribution >= 4 is 17.8 Å². The van der Waals surface area contributed by atoms with Crippen molar-refractivity contribution in [2.45, 2.75) is 0 Å². The summed E-state index contributed by atoms with van der Waals surface area (Å²) in [6.45, 7) is 0. The molecule has 0 aromatic heterocycles. The minimum atomic E-state index is -0.978. The molecule has 1 aliphatic heterocycles. The number of hydroxylamine groups is 2. The van der Waals surface area contributed by atoms with Crippen molar-refractivity contribution in [2.24, 2.45) is 0 Å². The van der Waals surface area contributed by atoms with E-state index in [2.05, 4.69) is 4.84 Å². The molecule has 1 aromatic rings. The maximum Gasteiger partial charge on any atom is 0.367 e. The lowest BCUT2D eigenvalue weighted by Crippen LogP contribution is -2.32. The Bertz CT molecular complexity index is 516. The molecule has 6 nitrogen and oxygen atoms in total. The van der Waals surface area contributed by atoms with E-state index in [0.717, 1.165) is 12.2 Å². The zero-order chi connectivity index (χ0) is 12.4. The number of carbonyl (C=O) groups excluding carboxylic acids is 3. The number of hydrogen-bond donors (Lipinski definition) is 1. The fourth-order valence-electron chi connectivity index (χ4n) is 1.25. The van der Waals surface area contributed by atoms with Crippen molar-refractivity contribution in [2.75, 3.05) is 0 Å². The first-order valence-electron chi connectivity index (χ1n) is 4.66. The molecule has 0 spiro atoms. The number of para-hydroxylation sites is 1. The van der Waals surface area contributed by atoms with Gasteiger partial charge in [-0.2, -0.15) is 0 Å². The van der Waals surface area contributed by atoms with E-state index in [1.807, 2.05) is 0 Å². The van der Waals surface area contributed by atoms with Crippen molar-refractivity contribution in [1.29, 1.82) is 0 Å². The van der Waals surface area contributed by atoms with E-state index in [-0.39, 0.29) is 11.3 Å². The lowest BCUT2D eigenvalue weighted by Gasteiger charge is -2.12. The molecule has 2 amide bonds. The van der Waals surface area contributed by atoms with Crippen LogP contribution in [0.15, 0.2) is 36.4 Å². The first-order valence-corrected chi connectivity index (χ1v) is 4.66. The fraction of sp³-hybridized carbons (Fsp3) is 0. The fourth-order valence-corrected chi connectivity index (χ4v) is 1.25. The number of amides is 2. The van der Waals surface area contributed by atoms with Gasteiger partial charge < -0.3 is 9.94 Å². The van der Waals surface area contributed by atoms with Crippen molar-refractivity contribution in [1.82, 2.24) is 5.06 Å². The van der Waals surface area contributed by atoms with Crippen LogP contribution >= 0.6 is 0 Å². The summed E-state index contributed by atoms with van der Waals surface area (Å²) in [4.78, 5) is 38.4. The van der Waals surface area contributed by atoms with Gasteiger partial charge in [-0.25, -0.2) is 4.79 Å². The van der Waals surface area contributed by atoms with Crippen LogP contribution in [0.2, 0.25) is 0 Å². The molecule has 86 valence electrons. The van der Waals surface area contributed by atoms with Crippen molar-refractivity contribution in [3.05, 3.63) is 42.0 Å². The van der Waals surface area contributed by atoms with Gasteiger partial charge in [0.25, 0.3) is 11.8 Å². The van der Waals surface area contributed by atoms with Gasteiger partial charge in [0.2, 0.25) is 0 Å². The predicted octanol–water partition coefficient (Wildman–Crippen LogP) is 0.389. The highest BCUT2D eigenvalue weighted by atomic mass is 16.7. The van der Waals surface area contributed by atoms with Crippen LogP contribution in [0.5, 0.6) is 5.75 Å². The maximum absolute atomic E-state index is 11.6. The Morgan fingerprint density at radius 1 is 1.12 bits per heavy atom. The van der Waals surface area contributed by atoms with Crippen LogP contribution in [0.3, 0.4) is 0 Å². The third-order valence-corrected chi connectivity index (χ3v) is 2.07.